The highest BCUT2D eigenvalue weighted by atomic mass is 16.4. The Bertz CT molecular complexity index is 278. The third-order valence-electron chi connectivity index (χ3n) is 2.78. The number of likely N-dealkylation sites (N-methyl/N-ethyl adjacent to an activating group) is 1. The zero-order valence-electron chi connectivity index (χ0n) is 9.89. The predicted molar refractivity (Wildman–Crippen MR) is 61.3 cm³/mol. The molecule has 0 spiro atoms. The summed E-state index contributed by atoms with van der Waals surface area (Å²) in [5.74, 6) is -0.968. The number of aliphatic carboxylic acids is 1. The number of carboxylic acid groups (broad SMARTS) is 1. The molecule has 2 atom stereocenters. The summed E-state index contributed by atoms with van der Waals surface area (Å²) in [5, 5.41) is 18.4. The number of carbonyl (C=O) groups is 1. The van der Waals surface area contributed by atoms with Crippen LogP contribution in [0.25, 0.3) is 0 Å². The molecule has 0 aliphatic carbocycles. The van der Waals surface area contributed by atoms with Crippen LogP contribution in [0.5, 0.6) is 0 Å². The molecule has 0 aromatic rings. The normalized spacial score (nSPS) is 26.2. The van der Waals surface area contributed by atoms with Gasteiger partial charge >= 0.3 is 5.97 Å². The lowest BCUT2D eigenvalue weighted by atomic mass is 10.2. The van der Waals surface area contributed by atoms with Crippen molar-refractivity contribution in [1.29, 1.82) is 0 Å². The first-order chi connectivity index (χ1) is 7.40. The van der Waals surface area contributed by atoms with Crippen LogP contribution in [0.15, 0.2) is 12.2 Å². The quantitative estimate of drug-likeness (QED) is 0.628. The fourth-order valence-electron chi connectivity index (χ4n) is 2.08. The van der Waals surface area contributed by atoms with Crippen molar-refractivity contribution < 1.29 is 15.0 Å². The van der Waals surface area contributed by atoms with Crippen LogP contribution < -0.4 is 0 Å². The maximum absolute atomic E-state index is 10.7. The summed E-state index contributed by atoms with van der Waals surface area (Å²) in [6.45, 7) is 5.20. The lowest BCUT2D eigenvalue weighted by molar-refractivity contribution is -0.132. The van der Waals surface area contributed by atoms with Gasteiger partial charge in [-0.05, 0) is 20.5 Å². The minimum atomic E-state index is -0.968. The number of β-amino-alcohol motifs (C(OH)–C–C–N with tert-alkyl or cyclic N) is 1. The number of rotatable bonds is 5. The summed E-state index contributed by atoms with van der Waals surface area (Å²) in [6, 6.07) is 0.209. The topological polar surface area (TPSA) is 64.0 Å². The van der Waals surface area contributed by atoms with E-state index in [1.54, 1.807) is 0 Å². The molecule has 0 bridgehead atoms. The molecule has 0 aromatic heterocycles. The van der Waals surface area contributed by atoms with Gasteiger partial charge in [-0.2, -0.15) is 0 Å². The fourth-order valence-corrected chi connectivity index (χ4v) is 2.08. The number of likely N-dealkylation sites (tertiary alicyclic amines) is 1. The van der Waals surface area contributed by atoms with E-state index >= 15 is 0 Å². The van der Waals surface area contributed by atoms with Crippen molar-refractivity contribution in [3.05, 3.63) is 12.2 Å². The van der Waals surface area contributed by atoms with Crippen LogP contribution in [0.3, 0.4) is 0 Å². The van der Waals surface area contributed by atoms with Gasteiger partial charge in [-0.25, -0.2) is 4.79 Å². The minimum absolute atomic E-state index is 0.179. The van der Waals surface area contributed by atoms with Crippen LogP contribution in [0, 0.1) is 0 Å². The van der Waals surface area contributed by atoms with Crippen LogP contribution in [-0.2, 0) is 4.79 Å². The highest BCUT2D eigenvalue weighted by Crippen LogP contribution is 2.19. The third-order valence-corrected chi connectivity index (χ3v) is 2.78. The molecule has 5 heteroatoms. The van der Waals surface area contributed by atoms with E-state index in [4.69, 9.17) is 5.11 Å². The second kappa shape index (κ2) is 5.43. The van der Waals surface area contributed by atoms with Gasteiger partial charge in [-0.15, -0.1) is 0 Å². The van der Waals surface area contributed by atoms with Gasteiger partial charge in [0.25, 0.3) is 0 Å². The molecular formula is C11H20N2O3. The molecule has 2 unspecified atom stereocenters. The van der Waals surface area contributed by atoms with E-state index < -0.39 is 5.97 Å². The number of hydrogen-bond acceptors (Lipinski definition) is 4. The molecule has 16 heavy (non-hydrogen) atoms. The molecule has 1 fully saturated rings. The summed E-state index contributed by atoms with van der Waals surface area (Å²) < 4.78 is 0. The molecule has 2 N–H and O–H groups in total. The van der Waals surface area contributed by atoms with Crippen LogP contribution in [0.1, 0.15) is 6.42 Å². The Morgan fingerprint density at radius 3 is 2.69 bits per heavy atom. The van der Waals surface area contributed by atoms with Crippen molar-refractivity contribution >= 4 is 5.97 Å². The summed E-state index contributed by atoms with van der Waals surface area (Å²) >= 11 is 0. The van der Waals surface area contributed by atoms with Crippen molar-refractivity contribution in [1.82, 2.24) is 9.80 Å². The highest BCUT2D eigenvalue weighted by Gasteiger charge is 2.31. The van der Waals surface area contributed by atoms with Crippen LogP contribution in [0.4, 0.5) is 0 Å². The van der Waals surface area contributed by atoms with E-state index in [1.165, 1.54) is 0 Å². The first kappa shape index (κ1) is 13.2. The zero-order valence-corrected chi connectivity index (χ0v) is 9.89. The average Bonchev–Trinajstić information content (AvgIpc) is 2.45. The van der Waals surface area contributed by atoms with Crippen molar-refractivity contribution in [3.63, 3.8) is 0 Å². The maximum atomic E-state index is 10.7. The Labute approximate surface area is 96.0 Å². The SMILES string of the molecule is C=C(CN1CC(O)CC1CN(C)C)C(=O)O. The Hall–Kier alpha value is -0.910. The molecule has 0 amide bonds. The molecule has 0 radical (unpaired) electrons. The monoisotopic (exact) mass is 228 g/mol. The van der Waals surface area contributed by atoms with Crippen LogP contribution in [0.2, 0.25) is 0 Å². The van der Waals surface area contributed by atoms with Gasteiger partial charge in [0.1, 0.15) is 0 Å². The zero-order chi connectivity index (χ0) is 12.3. The first-order valence-electron chi connectivity index (χ1n) is 5.38. The summed E-state index contributed by atoms with van der Waals surface area (Å²) in [6.07, 6.45) is 0.344. The fraction of sp³-hybridized carbons (Fsp3) is 0.727. The molecule has 1 aliphatic rings. The third kappa shape index (κ3) is 3.59. The van der Waals surface area contributed by atoms with Gasteiger partial charge in [0.05, 0.1) is 6.10 Å². The molecule has 1 saturated heterocycles. The van der Waals surface area contributed by atoms with E-state index in [2.05, 4.69) is 6.58 Å². The van der Waals surface area contributed by atoms with Gasteiger partial charge in [0, 0.05) is 31.2 Å². The second-order valence-corrected chi connectivity index (χ2v) is 4.64. The van der Waals surface area contributed by atoms with Crippen molar-refractivity contribution in [2.45, 2.75) is 18.6 Å². The van der Waals surface area contributed by atoms with Crippen molar-refractivity contribution in [3.8, 4) is 0 Å². The molecule has 1 rings (SSSR count). The summed E-state index contributed by atoms with van der Waals surface area (Å²) in [5.41, 5.74) is 0.179. The van der Waals surface area contributed by atoms with Crippen molar-refractivity contribution in [2.24, 2.45) is 0 Å². The van der Waals surface area contributed by atoms with Gasteiger partial charge in [0.15, 0.2) is 0 Å². The van der Waals surface area contributed by atoms with Gasteiger partial charge in [0.2, 0.25) is 0 Å². The van der Waals surface area contributed by atoms with Crippen LogP contribution >= 0.6 is 0 Å². The molecule has 1 heterocycles. The van der Waals surface area contributed by atoms with Gasteiger partial charge < -0.3 is 15.1 Å². The van der Waals surface area contributed by atoms with Crippen LogP contribution in [-0.4, -0.2) is 71.9 Å². The van der Waals surface area contributed by atoms with E-state index in [9.17, 15) is 9.90 Å². The van der Waals surface area contributed by atoms with Gasteiger partial charge in [-0.1, -0.05) is 6.58 Å². The number of hydrogen-bond donors (Lipinski definition) is 2. The summed E-state index contributed by atoms with van der Waals surface area (Å²) in [7, 11) is 3.93. The Morgan fingerprint density at radius 1 is 1.56 bits per heavy atom. The highest BCUT2D eigenvalue weighted by molar-refractivity contribution is 5.86. The standard InChI is InChI=1S/C11H20N2O3/c1-8(11(15)16)5-13-7-10(14)4-9(13)6-12(2)3/h9-10,14H,1,4-7H2,2-3H3,(H,15,16). The van der Waals surface area contributed by atoms with E-state index in [0.29, 0.717) is 19.5 Å². The van der Waals surface area contributed by atoms with Crippen molar-refractivity contribution in [2.75, 3.05) is 33.7 Å². The number of nitrogens with zero attached hydrogens (tertiary/aromatic N) is 2. The largest absolute Gasteiger partial charge is 0.478 e. The lowest BCUT2D eigenvalue weighted by Gasteiger charge is -2.26. The smallest absolute Gasteiger partial charge is 0.332 e. The molecule has 1 aliphatic heterocycles. The minimum Gasteiger partial charge on any atom is -0.478 e. The van der Waals surface area contributed by atoms with E-state index in [0.717, 1.165) is 6.54 Å². The molecule has 92 valence electrons. The van der Waals surface area contributed by atoms with E-state index in [-0.39, 0.29) is 17.7 Å². The number of aliphatic hydroxyl groups excluding tert-OH is 1. The van der Waals surface area contributed by atoms with Gasteiger partial charge in [-0.3, -0.25) is 4.90 Å². The Balaban J connectivity index is 2.55. The second-order valence-electron chi connectivity index (χ2n) is 4.64. The Morgan fingerprint density at radius 2 is 2.19 bits per heavy atom. The molecule has 0 aromatic carbocycles. The first-order valence-corrected chi connectivity index (χ1v) is 5.38. The molecular weight excluding hydrogens is 208 g/mol. The number of aliphatic hydroxyl groups is 1. The number of carboxylic acids is 1. The molecule has 5 nitrogen and oxygen atoms in total. The predicted octanol–water partition coefficient (Wildman–Crippen LogP) is -0.376. The lowest BCUT2D eigenvalue weighted by Crippen LogP contribution is -2.39. The Kier molecular flexibility index (Phi) is 4.46. The average molecular weight is 228 g/mol. The maximum Gasteiger partial charge on any atom is 0.332 e. The van der Waals surface area contributed by atoms with E-state index in [1.807, 2.05) is 23.9 Å². The summed E-state index contributed by atoms with van der Waals surface area (Å²) in [4.78, 5) is 14.7. The molecule has 0 saturated carbocycles.